The van der Waals surface area contributed by atoms with Crippen molar-refractivity contribution in [3.8, 4) is 11.5 Å². The summed E-state index contributed by atoms with van der Waals surface area (Å²) in [5.41, 5.74) is 1.55. The topological polar surface area (TPSA) is 77.1 Å². The van der Waals surface area contributed by atoms with Crippen molar-refractivity contribution < 1.29 is 23.8 Å². The fourth-order valence-electron chi connectivity index (χ4n) is 3.00. The van der Waals surface area contributed by atoms with Crippen molar-refractivity contribution in [1.82, 2.24) is 0 Å². The first-order chi connectivity index (χ1) is 14.5. The van der Waals surface area contributed by atoms with Crippen LogP contribution in [0.5, 0.6) is 11.5 Å². The number of nitrogens with one attached hydrogen (secondary N) is 1. The lowest BCUT2D eigenvalue weighted by Gasteiger charge is -2.16. The van der Waals surface area contributed by atoms with Gasteiger partial charge in [0.25, 0.3) is 5.91 Å². The van der Waals surface area contributed by atoms with Crippen molar-refractivity contribution in [1.29, 1.82) is 0 Å². The van der Waals surface area contributed by atoms with E-state index in [9.17, 15) is 9.59 Å². The fourth-order valence-corrected chi connectivity index (χ4v) is 3.27. The zero-order valence-corrected chi connectivity index (χ0v) is 17.8. The molecule has 0 bridgehead atoms. The molecule has 0 atom stereocenters. The van der Waals surface area contributed by atoms with Crippen LogP contribution in [0.2, 0.25) is 5.02 Å². The van der Waals surface area contributed by atoms with Gasteiger partial charge in [-0.05, 0) is 43.7 Å². The minimum atomic E-state index is -0.398. The second-order valence-electron chi connectivity index (χ2n) is 6.69. The van der Waals surface area contributed by atoms with Crippen LogP contribution in [0.1, 0.15) is 37.0 Å². The number of unbranched alkanes of at least 4 members (excludes halogenated alkanes) is 1. The van der Waals surface area contributed by atoms with Crippen LogP contribution in [0.25, 0.3) is 0 Å². The van der Waals surface area contributed by atoms with Gasteiger partial charge in [-0.2, -0.15) is 0 Å². The molecule has 1 aliphatic rings. The molecular weight excluding hydrogens is 408 g/mol. The SMILES string of the molecule is CCCCOc1c(Cl)cc(C(=O)Nc2cccc(N3CCOC3=O)c2)cc1OCC. The largest absolute Gasteiger partial charge is 0.490 e. The van der Waals surface area contributed by atoms with Gasteiger partial charge in [0.15, 0.2) is 11.5 Å². The van der Waals surface area contributed by atoms with Gasteiger partial charge in [0.1, 0.15) is 6.61 Å². The van der Waals surface area contributed by atoms with E-state index in [0.717, 1.165) is 12.8 Å². The maximum atomic E-state index is 12.8. The van der Waals surface area contributed by atoms with Gasteiger partial charge < -0.3 is 19.5 Å². The van der Waals surface area contributed by atoms with Crippen LogP contribution in [-0.2, 0) is 4.74 Å². The quantitative estimate of drug-likeness (QED) is 0.556. The number of amides is 2. The third-order valence-electron chi connectivity index (χ3n) is 4.49. The summed E-state index contributed by atoms with van der Waals surface area (Å²) in [4.78, 5) is 26.1. The van der Waals surface area contributed by atoms with E-state index >= 15 is 0 Å². The van der Waals surface area contributed by atoms with Gasteiger partial charge in [-0.25, -0.2) is 4.79 Å². The minimum Gasteiger partial charge on any atom is -0.490 e. The summed E-state index contributed by atoms with van der Waals surface area (Å²) in [6, 6.07) is 10.2. The van der Waals surface area contributed by atoms with E-state index in [1.165, 1.54) is 4.90 Å². The first-order valence-corrected chi connectivity index (χ1v) is 10.4. The average molecular weight is 433 g/mol. The van der Waals surface area contributed by atoms with Crippen LogP contribution in [0, 0.1) is 0 Å². The third kappa shape index (κ3) is 5.16. The van der Waals surface area contributed by atoms with Crippen LogP contribution in [0.15, 0.2) is 36.4 Å². The predicted octanol–water partition coefficient (Wildman–Crippen LogP) is 5.13. The molecular formula is C22H25ClN2O5. The Morgan fingerprint density at radius 2 is 2.07 bits per heavy atom. The maximum Gasteiger partial charge on any atom is 0.414 e. The number of nitrogens with zero attached hydrogens (tertiary/aromatic N) is 1. The molecule has 2 aromatic carbocycles. The number of hydrogen-bond donors (Lipinski definition) is 1. The molecule has 30 heavy (non-hydrogen) atoms. The van der Waals surface area contributed by atoms with Crippen LogP contribution >= 0.6 is 11.6 Å². The van der Waals surface area contributed by atoms with Crippen molar-refractivity contribution in [3.05, 3.63) is 47.0 Å². The van der Waals surface area contributed by atoms with E-state index in [-0.39, 0.29) is 5.91 Å². The zero-order valence-electron chi connectivity index (χ0n) is 17.1. The van der Waals surface area contributed by atoms with E-state index in [1.54, 1.807) is 36.4 Å². The van der Waals surface area contributed by atoms with Crippen molar-refractivity contribution in [2.45, 2.75) is 26.7 Å². The van der Waals surface area contributed by atoms with Crippen LogP contribution in [-0.4, -0.2) is 38.4 Å². The molecule has 160 valence electrons. The Morgan fingerprint density at radius 3 is 2.77 bits per heavy atom. The second-order valence-corrected chi connectivity index (χ2v) is 7.10. The molecule has 1 saturated heterocycles. The number of anilines is 2. The number of carbonyl (C=O) groups is 2. The Balaban J connectivity index is 1.78. The number of hydrogen-bond acceptors (Lipinski definition) is 5. The molecule has 1 N–H and O–H groups in total. The Kier molecular flexibility index (Phi) is 7.41. The van der Waals surface area contributed by atoms with Crippen LogP contribution in [0.3, 0.4) is 0 Å². The highest BCUT2D eigenvalue weighted by Gasteiger charge is 2.24. The summed E-state index contributed by atoms with van der Waals surface area (Å²) in [7, 11) is 0. The molecule has 2 aromatic rings. The number of halogens is 1. The molecule has 2 amide bonds. The summed E-state index contributed by atoms with van der Waals surface area (Å²) in [6.07, 6.45) is 1.49. The number of rotatable bonds is 9. The lowest BCUT2D eigenvalue weighted by atomic mass is 10.1. The number of carbonyl (C=O) groups excluding carboxylic acids is 2. The Hall–Kier alpha value is -2.93. The monoisotopic (exact) mass is 432 g/mol. The summed E-state index contributed by atoms with van der Waals surface area (Å²) in [6.45, 7) is 5.69. The van der Waals surface area contributed by atoms with Gasteiger partial charge in [-0.1, -0.05) is 31.0 Å². The van der Waals surface area contributed by atoms with E-state index in [0.29, 0.717) is 59.8 Å². The normalized spacial score (nSPS) is 13.2. The number of cyclic esters (lactones) is 1. The van der Waals surface area contributed by atoms with Gasteiger partial charge >= 0.3 is 6.09 Å². The van der Waals surface area contributed by atoms with Crippen LogP contribution in [0.4, 0.5) is 16.2 Å². The van der Waals surface area contributed by atoms with Gasteiger partial charge in [0, 0.05) is 16.9 Å². The lowest BCUT2D eigenvalue weighted by molar-refractivity contribution is 0.102. The van der Waals surface area contributed by atoms with Crippen molar-refractivity contribution in [2.24, 2.45) is 0 Å². The summed E-state index contributed by atoms with van der Waals surface area (Å²) in [5, 5.41) is 3.15. The highest BCUT2D eigenvalue weighted by Crippen LogP contribution is 2.37. The fraction of sp³-hybridized carbons (Fsp3) is 0.364. The first-order valence-electron chi connectivity index (χ1n) is 9.98. The molecule has 0 aromatic heterocycles. The molecule has 1 aliphatic heterocycles. The maximum absolute atomic E-state index is 12.8. The number of benzene rings is 2. The Bertz CT molecular complexity index is 918. The Labute approximate surface area is 180 Å². The molecule has 3 rings (SSSR count). The Morgan fingerprint density at radius 1 is 1.23 bits per heavy atom. The van der Waals surface area contributed by atoms with E-state index < -0.39 is 6.09 Å². The standard InChI is InChI=1S/C22H25ClN2O5/c1-3-5-10-29-20-18(23)12-15(13-19(20)28-4-2)21(26)24-16-7-6-8-17(14-16)25-9-11-30-22(25)27/h6-8,12-14H,3-5,9-11H2,1-2H3,(H,24,26). The highest BCUT2D eigenvalue weighted by atomic mass is 35.5. The first kappa shape index (κ1) is 21.8. The van der Waals surface area contributed by atoms with Crippen LogP contribution < -0.4 is 19.7 Å². The molecule has 1 fully saturated rings. The predicted molar refractivity (Wildman–Crippen MR) is 116 cm³/mol. The highest BCUT2D eigenvalue weighted by molar-refractivity contribution is 6.32. The number of ether oxygens (including phenoxy) is 3. The van der Waals surface area contributed by atoms with E-state index in [4.69, 9.17) is 25.8 Å². The molecule has 0 spiro atoms. The summed E-state index contributed by atoms with van der Waals surface area (Å²) >= 11 is 6.38. The molecule has 0 saturated carbocycles. The minimum absolute atomic E-state index is 0.316. The molecule has 8 heteroatoms. The van der Waals surface area contributed by atoms with Crippen molar-refractivity contribution in [3.63, 3.8) is 0 Å². The molecule has 0 unspecified atom stereocenters. The second kappa shape index (κ2) is 10.2. The molecule has 1 heterocycles. The third-order valence-corrected chi connectivity index (χ3v) is 4.77. The smallest absolute Gasteiger partial charge is 0.414 e. The molecule has 0 aliphatic carbocycles. The van der Waals surface area contributed by atoms with Crippen molar-refractivity contribution >= 4 is 35.0 Å². The molecule has 7 nitrogen and oxygen atoms in total. The van der Waals surface area contributed by atoms with Gasteiger partial charge in [0.2, 0.25) is 0 Å². The lowest BCUT2D eigenvalue weighted by Crippen LogP contribution is -2.23. The average Bonchev–Trinajstić information content (AvgIpc) is 3.16. The van der Waals surface area contributed by atoms with E-state index in [2.05, 4.69) is 12.2 Å². The zero-order chi connectivity index (χ0) is 21.5. The van der Waals surface area contributed by atoms with Gasteiger partial charge in [-0.15, -0.1) is 0 Å². The van der Waals surface area contributed by atoms with Crippen molar-refractivity contribution in [2.75, 3.05) is 36.6 Å². The molecule has 0 radical (unpaired) electrons. The van der Waals surface area contributed by atoms with E-state index in [1.807, 2.05) is 6.92 Å². The summed E-state index contributed by atoms with van der Waals surface area (Å²) in [5.74, 6) is 0.525. The summed E-state index contributed by atoms with van der Waals surface area (Å²) < 4.78 is 16.4. The van der Waals surface area contributed by atoms with Gasteiger partial charge in [-0.3, -0.25) is 9.69 Å². The van der Waals surface area contributed by atoms with Gasteiger partial charge in [0.05, 0.1) is 24.8 Å².